The van der Waals surface area contributed by atoms with Crippen LogP contribution in [-0.2, 0) is 9.53 Å². The Balaban J connectivity index is 1.77. The molecule has 0 aromatic heterocycles. The number of ether oxygens (including phenoxy) is 1. The number of piperidine rings is 1. The highest BCUT2D eigenvalue weighted by molar-refractivity contribution is 9.10. The summed E-state index contributed by atoms with van der Waals surface area (Å²) in [7, 11) is 1.44. The highest BCUT2D eigenvalue weighted by atomic mass is 79.9. The van der Waals surface area contributed by atoms with Crippen molar-refractivity contribution in [3.8, 4) is 0 Å². The van der Waals surface area contributed by atoms with Crippen LogP contribution in [-0.4, -0.2) is 42.4 Å². The topological polar surface area (TPSA) is 29.5 Å². The molecule has 1 unspecified atom stereocenters. The van der Waals surface area contributed by atoms with E-state index in [4.69, 9.17) is 4.74 Å². The molecule has 0 aromatic carbocycles. The van der Waals surface area contributed by atoms with Gasteiger partial charge in [-0.25, -0.2) is 0 Å². The summed E-state index contributed by atoms with van der Waals surface area (Å²) in [5.74, 6) is -0.161. The first-order valence-electron chi connectivity index (χ1n) is 6.59. The van der Waals surface area contributed by atoms with Gasteiger partial charge in [-0.1, -0.05) is 28.8 Å². The Morgan fingerprint density at radius 3 is 2.41 bits per heavy atom. The largest absolute Gasteiger partial charge is 0.468 e. The molecule has 0 aromatic rings. The van der Waals surface area contributed by atoms with E-state index < -0.39 is 0 Å². The molecular weight excluding hydrogens is 282 g/mol. The Kier molecular flexibility index (Phi) is 4.47. The first-order chi connectivity index (χ1) is 8.15. The lowest BCUT2D eigenvalue weighted by molar-refractivity contribution is -0.140. The van der Waals surface area contributed by atoms with Crippen LogP contribution < -0.4 is 0 Å². The van der Waals surface area contributed by atoms with Crippen LogP contribution >= 0.6 is 15.9 Å². The van der Waals surface area contributed by atoms with Crippen molar-refractivity contribution < 1.29 is 9.53 Å². The van der Waals surface area contributed by atoms with Gasteiger partial charge in [0, 0.05) is 6.54 Å². The van der Waals surface area contributed by atoms with Crippen molar-refractivity contribution in [2.24, 2.45) is 5.41 Å². The highest BCUT2D eigenvalue weighted by Gasteiger charge is 2.37. The van der Waals surface area contributed by atoms with Gasteiger partial charge in [-0.2, -0.15) is 0 Å². The van der Waals surface area contributed by atoms with Crippen LogP contribution in [0.2, 0.25) is 0 Å². The number of carbonyl (C=O) groups is 1. The summed E-state index contributed by atoms with van der Waals surface area (Å²) in [5.41, 5.74) is 0.656. The first kappa shape index (κ1) is 13.3. The van der Waals surface area contributed by atoms with Gasteiger partial charge < -0.3 is 9.64 Å². The minimum Gasteiger partial charge on any atom is -0.468 e. The summed E-state index contributed by atoms with van der Waals surface area (Å²) in [5, 5.41) is 0. The number of carbonyl (C=O) groups excluding carboxylic acids is 1. The van der Waals surface area contributed by atoms with Crippen LogP contribution in [0.15, 0.2) is 0 Å². The number of likely N-dealkylation sites (tertiary alicyclic amines) is 1. The number of hydrogen-bond donors (Lipinski definition) is 0. The van der Waals surface area contributed by atoms with Crippen LogP contribution in [0.5, 0.6) is 0 Å². The van der Waals surface area contributed by atoms with Gasteiger partial charge in [0.25, 0.3) is 0 Å². The van der Waals surface area contributed by atoms with Crippen LogP contribution in [0.3, 0.4) is 0 Å². The van der Waals surface area contributed by atoms with Gasteiger partial charge in [-0.3, -0.25) is 4.79 Å². The number of nitrogens with zero attached hydrogens (tertiary/aromatic N) is 1. The van der Waals surface area contributed by atoms with Gasteiger partial charge in [0.05, 0.1) is 7.11 Å². The molecule has 1 atom stereocenters. The lowest BCUT2D eigenvalue weighted by atomic mass is 9.77. The molecule has 17 heavy (non-hydrogen) atoms. The predicted molar refractivity (Wildman–Crippen MR) is 71.3 cm³/mol. The van der Waals surface area contributed by atoms with Gasteiger partial charge in [0.15, 0.2) is 0 Å². The molecule has 2 fully saturated rings. The Morgan fingerprint density at radius 2 is 1.88 bits per heavy atom. The molecule has 0 amide bonds. The summed E-state index contributed by atoms with van der Waals surface area (Å²) < 4.78 is 4.73. The molecule has 98 valence electrons. The number of methoxy groups -OCH3 is 1. The van der Waals surface area contributed by atoms with E-state index in [2.05, 4.69) is 20.8 Å². The lowest BCUT2D eigenvalue weighted by Gasteiger charge is -2.39. The van der Waals surface area contributed by atoms with Gasteiger partial charge in [0.2, 0.25) is 0 Å². The quantitative estimate of drug-likeness (QED) is 0.593. The second-order valence-corrected chi connectivity index (χ2v) is 6.60. The molecule has 0 bridgehead atoms. The molecular formula is C13H22BrNO2. The average molecular weight is 304 g/mol. The molecule has 2 rings (SSSR count). The van der Waals surface area contributed by atoms with E-state index in [1.165, 1.54) is 45.6 Å². The van der Waals surface area contributed by atoms with E-state index >= 15 is 0 Å². The fourth-order valence-electron chi connectivity index (χ4n) is 3.26. The second-order valence-electron chi connectivity index (χ2n) is 5.50. The summed E-state index contributed by atoms with van der Waals surface area (Å²) in [6, 6.07) is 0. The van der Waals surface area contributed by atoms with E-state index in [9.17, 15) is 4.79 Å². The third-order valence-electron chi connectivity index (χ3n) is 4.46. The van der Waals surface area contributed by atoms with Crippen LogP contribution in [0, 0.1) is 5.41 Å². The molecule has 0 radical (unpaired) electrons. The van der Waals surface area contributed by atoms with Gasteiger partial charge in [-0.05, 0) is 44.2 Å². The van der Waals surface area contributed by atoms with Crippen molar-refractivity contribution in [3.05, 3.63) is 0 Å². The summed E-state index contributed by atoms with van der Waals surface area (Å²) in [4.78, 5) is 13.6. The normalized spacial score (nSPS) is 26.0. The Bertz CT molecular complexity index is 267. The highest BCUT2D eigenvalue weighted by Crippen LogP contribution is 2.46. The van der Waals surface area contributed by atoms with Gasteiger partial charge in [0.1, 0.15) is 4.83 Å². The molecule has 1 saturated heterocycles. The van der Waals surface area contributed by atoms with E-state index in [0.717, 1.165) is 19.6 Å². The van der Waals surface area contributed by atoms with Crippen molar-refractivity contribution in [1.29, 1.82) is 0 Å². The minimum absolute atomic E-state index is 0.161. The minimum atomic E-state index is -0.176. The third kappa shape index (κ3) is 3.22. The fourth-order valence-corrected chi connectivity index (χ4v) is 3.86. The molecule has 0 N–H and O–H groups in total. The molecule has 4 heteroatoms. The molecule has 1 spiro atoms. The van der Waals surface area contributed by atoms with Crippen molar-refractivity contribution in [1.82, 2.24) is 4.90 Å². The van der Waals surface area contributed by atoms with Gasteiger partial charge >= 0.3 is 5.97 Å². The zero-order valence-electron chi connectivity index (χ0n) is 10.6. The Labute approximate surface area is 112 Å². The van der Waals surface area contributed by atoms with E-state index in [0.29, 0.717) is 5.41 Å². The number of alkyl halides is 1. The zero-order valence-corrected chi connectivity index (χ0v) is 12.2. The predicted octanol–water partition coefficient (Wildman–Crippen LogP) is 2.58. The lowest BCUT2D eigenvalue weighted by Crippen LogP contribution is -2.42. The van der Waals surface area contributed by atoms with E-state index in [1.807, 2.05) is 0 Å². The van der Waals surface area contributed by atoms with Crippen LogP contribution in [0.25, 0.3) is 0 Å². The first-order valence-corrected chi connectivity index (χ1v) is 7.51. The fraction of sp³-hybridized carbons (Fsp3) is 0.923. The van der Waals surface area contributed by atoms with Gasteiger partial charge in [-0.15, -0.1) is 0 Å². The maximum atomic E-state index is 11.3. The molecule has 1 aliphatic carbocycles. The molecule has 1 heterocycles. The molecule has 1 aliphatic heterocycles. The maximum absolute atomic E-state index is 11.3. The number of halogens is 1. The Hall–Kier alpha value is -0.0900. The zero-order chi connectivity index (χ0) is 12.3. The maximum Gasteiger partial charge on any atom is 0.320 e. The number of esters is 1. The van der Waals surface area contributed by atoms with Crippen molar-refractivity contribution in [2.45, 2.75) is 43.4 Å². The summed E-state index contributed by atoms with van der Waals surface area (Å²) >= 11 is 3.40. The summed E-state index contributed by atoms with van der Waals surface area (Å²) in [6.07, 6.45) is 8.32. The Morgan fingerprint density at radius 1 is 1.29 bits per heavy atom. The second kappa shape index (κ2) is 5.70. The molecule has 1 saturated carbocycles. The standard InChI is InChI=1S/C13H22BrNO2/c1-17-12(16)11(14)10-15-8-6-13(7-9-15)4-2-3-5-13/h11H,2-10H2,1H3. The number of rotatable bonds is 3. The third-order valence-corrected chi connectivity index (χ3v) is 5.12. The van der Waals surface area contributed by atoms with E-state index in [1.54, 1.807) is 0 Å². The monoisotopic (exact) mass is 303 g/mol. The van der Waals surface area contributed by atoms with Crippen LogP contribution in [0.4, 0.5) is 0 Å². The molecule has 2 aliphatic rings. The van der Waals surface area contributed by atoms with Crippen molar-refractivity contribution in [2.75, 3.05) is 26.7 Å². The van der Waals surface area contributed by atoms with Crippen molar-refractivity contribution in [3.63, 3.8) is 0 Å². The SMILES string of the molecule is COC(=O)C(Br)CN1CCC2(CCCC2)CC1. The van der Waals surface area contributed by atoms with E-state index in [-0.39, 0.29) is 10.8 Å². The number of hydrogen-bond acceptors (Lipinski definition) is 3. The molecule has 3 nitrogen and oxygen atoms in total. The van der Waals surface area contributed by atoms with Crippen molar-refractivity contribution >= 4 is 21.9 Å². The summed E-state index contributed by atoms with van der Waals surface area (Å²) in [6.45, 7) is 3.06. The smallest absolute Gasteiger partial charge is 0.320 e. The van der Waals surface area contributed by atoms with Crippen LogP contribution in [0.1, 0.15) is 38.5 Å². The average Bonchev–Trinajstić information content (AvgIpc) is 2.80.